The van der Waals surface area contributed by atoms with Crippen LogP contribution < -0.4 is 4.74 Å². The van der Waals surface area contributed by atoms with E-state index in [0.29, 0.717) is 16.9 Å². The van der Waals surface area contributed by atoms with Crippen molar-refractivity contribution < 1.29 is 14.3 Å². The molecule has 0 bridgehead atoms. The highest BCUT2D eigenvalue weighted by atomic mass is 16.5. The molecule has 1 aromatic rings. The molecule has 0 saturated heterocycles. The number of hydrogen-bond donors (Lipinski definition) is 0. The van der Waals surface area contributed by atoms with Gasteiger partial charge in [-0.1, -0.05) is 106 Å². The maximum Gasteiger partial charge on any atom is 0.338 e. The lowest BCUT2D eigenvalue weighted by Gasteiger charge is -2.58. The van der Waals surface area contributed by atoms with E-state index in [2.05, 4.69) is 61.5 Å². The van der Waals surface area contributed by atoms with Gasteiger partial charge in [0.1, 0.15) is 11.9 Å². The first-order valence-corrected chi connectivity index (χ1v) is 20.0. The minimum atomic E-state index is -0.189. The molecule has 1 aromatic carbocycles. The van der Waals surface area contributed by atoms with Crippen LogP contribution in [0, 0.1) is 58.2 Å². The summed E-state index contributed by atoms with van der Waals surface area (Å²) in [6.45, 7) is 20.2. The molecule has 3 fully saturated rings. The molecule has 264 valence electrons. The zero-order valence-electron chi connectivity index (χ0n) is 31.6. The van der Waals surface area contributed by atoms with E-state index in [9.17, 15) is 4.79 Å². The third kappa shape index (κ3) is 8.52. The predicted molar refractivity (Wildman–Crippen MR) is 197 cm³/mol. The summed E-state index contributed by atoms with van der Waals surface area (Å²) in [7, 11) is 0. The van der Waals surface area contributed by atoms with Crippen LogP contribution in [0.15, 0.2) is 35.9 Å². The summed E-state index contributed by atoms with van der Waals surface area (Å²) >= 11 is 0. The predicted octanol–water partition coefficient (Wildman–Crippen LogP) is 12.5. The first-order chi connectivity index (χ1) is 22.4. The lowest BCUT2D eigenvalue weighted by atomic mass is 9.47. The van der Waals surface area contributed by atoms with Crippen LogP contribution in [0.4, 0.5) is 0 Å². The van der Waals surface area contributed by atoms with Gasteiger partial charge in [0.05, 0.1) is 12.2 Å². The van der Waals surface area contributed by atoms with Crippen molar-refractivity contribution in [1.82, 2.24) is 0 Å². The second-order valence-electron chi connectivity index (χ2n) is 18.2. The van der Waals surface area contributed by atoms with Crippen LogP contribution in [-0.4, -0.2) is 18.7 Å². The van der Waals surface area contributed by atoms with Gasteiger partial charge in [-0.3, -0.25) is 0 Å². The molecule has 9 atom stereocenters. The summed E-state index contributed by atoms with van der Waals surface area (Å²) in [6.07, 6.45) is 21.7. The molecule has 0 N–H and O–H groups in total. The number of ether oxygens (including phenoxy) is 2. The van der Waals surface area contributed by atoms with Crippen molar-refractivity contribution in [3.05, 3.63) is 41.5 Å². The molecule has 4 aliphatic carbocycles. The lowest BCUT2D eigenvalue weighted by Crippen LogP contribution is -2.51. The fraction of sp³-hybridized carbons (Fsp3) is 0.795. The van der Waals surface area contributed by atoms with E-state index in [-0.39, 0.29) is 17.5 Å². The molecule has 0 aromatic heterocycles. The Balaban J connectivity index is 1.11. The Labute approximate surface area is 289 Å². The van der Waals surface area contributed by atoms with Crippen molar-refractivity contribution >= 4 is 5.97 Å². The normalized spacial score (nSPS) is 33.1. The average Bonchev–Trinajstić information content (AvgIpc) is 3.38. The smallest absolute Gasteiger partial charge is 0.338 e. The van der Waals surface area contributed by atoms with Crippen LogP contribution in [0.2, 0.25) is 0 Å². The molecule has 0 heterocycles. The maximum absolute atomic E-state index is 13.2. The first kappa shape index (κ1) is 36.5. The van der Waals surface area contributed by atoms with Crippen molar-refractivity contribution in [2.45, 2.75) is 158 Å². The van der Waals surface area contributed by atoms with Crippen LogP contribution in [-0.2, 0) is 4.74 Å². The van der Waals surface area contributed by atoms with Crippen LogP contribution in [0.1, 0.15) is 162 Å². The van der Waals surface area contributed by atoms with E-state index in [1.165, 1.54) is 70.6 Å². The van der Waals surface area contributed by atoms with Gasteiger partial charge in [0.15, 0.2) is 0 Å². The number of fused-ring (bicyclic) bond motifs is 5. The van der Waals surface area contributed by atoms with E-state index in [4.69, 9.17) is 9.47 Å². The number of esters is 1. The summed E-state index contributed by atoms with van der Waals surface area (Å²) in [5, 5.41) is 0. The number of carbonyl (C=O) groups is 1. The Morgan fingerprint density at radius 3 is 2.21 bits per heavy atom. The number of allylic oxidation sites excluding steroid dienone is 1. The molecule has 0 aliphatic heterocycles. The zero-order valence-corrected chi connectivity index (χ0v) is 31.6. The molecule has 5 rings (SSSR count). The first-order valence-electron chi connectivity index (χ1n) is 20.0. The Kier molecular flexibility index (Phi) is 12.3. The van der Waals surface area contributed by atoms with Gasteiger partial charge in [0, 0.05) is 6.42 Å². The molecular weight excluding hydrogens is 576 g/mol. The second-order valence-corrected chi connectivity index (χ2v) is 18.2. The van der Waals surface area contributed by atoms with Crippen LogP contribution in [0.25, 0.3) is 0 Å². The van der Waals surface area contributed by atoms with Gasteiger partial charge < -0.3 is 9.47 Å². The number of rotatable bonds is 15. The molecule has 0 amide bonds. The Bertz CT molecular complexity index is 1180. The Morgan fingerprint density at radius 2 is 1.51 bits per heavy atom. The molecule has 3 saturated carbocycles. The van der Waals surface area contributed by atoms with Crippen LogP contribution >= 0.6 is 0 Å². The van der Waals surface area contributed by atoms with Crippen molar-refractivity contribution in [1.29, 1.82) is 0 Å². The van der Waals surface area contributed by atoms with E-state index in [1.807, 2.05) is 24.3 Å². The van der Waals surface area contributed by atoms with Gasteiger partial charge in [-0.25, -0.2) is 4.79 Å². The standard InChI is InChI=1S/C44H70O3/c1-30(2)11-9-13-32(5)25-28-46-36-18-15-34(16-19-36)42(45)47-37-23-26-43(7)35(29-37)17-20-38-40-22-21-39(33(6)14-10-12-31(3)4)44(40,8)27-24-41(38)43/h15-19,30-33,37-41H,9-14,20-29H2,1-8H3/t32?,33-,37?,38+,39-,40+,41+,43+,44-/m1/s1. The van der Waals surface area contributed by atoms with E-state index in [1.54, 1.807) is 5.57 Å². The highest BCUT2D eigenvalue weighted by Crippen LogP contribution is 2.67. The van der Waals surface area contributed by atoms with E-state index < -0.39 is 0 Å². The van der Waals surface area contributed by atoms with Crippen LogP contribution in [0.3, 0.4) is 0 Å². The van der Waals surface area contributed by atoms with Crippen molar-refractivity contribution in [2.24, 2.45) is 58.2 Å². The summed E-state index contributed by atoms with van der Waals surface area (Å²) < 4.78 is 12.2. The van der Waals surface area contributed by atoms with Crippen molar-refractivity contribution in [3.63, 3.8) is 0 Å². The van der Waals surface area contributed by atoms with Gasteiger partial charge in [0.25, 0.3) is 0 Å². The fourth-order valence-electron chi connectivity index (χ4n) is 11.1. The van der Waals surface area contributed by atoms with E-state index >= 15 is 0 Å². The summed E-state index contributed by atoms with van der Waals surface area (Å²) in [4.78, 5) is 13.2. The molecule has 4 aliphatic rings. The van der Waals surface area contributed by atoms with Crippen molar-refractivity contribution in [3.8, 4) is 5.75 Å². The van der Waals surface area contributed by atoms with Gasteiger partial charge in [0.2, 0.25) is 0 Å². The molecule has 3 heteroatoms. The fourth-order valence-corrected chi connectivity index (χ4v) is 11.1. The van der Waals surface area contributed by atoms with Gasteiger partial charge >= 0.3 is 5.97 Å². The van der Waals surface area contributed by atoms with Gasteiger partial charge in [-0.05, 0) is 134 Å². The SMILES string of the molecule is CC(C)CCCC(C)CCOc1ccc(C(=O)OC2CC[C@@]3(C)C(=CC[C@H]4[C@@H]5CC[C@H]([C@H](C)CCCC(C)C)[C@@]5(C)CC[C@@H]43)C2)cc1. The van der Waals surface area contributed by atoms with Gasteiger partial charge in [-0.2, -0.15) is 0 Å². The van der Waals surface area contributed by atoms with E-state index in [0.717, 1.165) is 79.5 Å². The minimum absolute atomic E-state index is 0.0112. The number of benzene rings is 1. The highest BCUT2D eigenvalue weighted by molar-refractivity contribution is 5.89. The Hall–Kier alpha value is -1.77. The van der Waals surface area contributed by atoms with Gasteiger partial charge in [-0.15, -0.1) is 0 Å². The average molecular weight is 647 g/mol. The summed E-state index contributed by atoms with van der Waals surface area (Å²) in [5.41, 5.74) is 3.02. The summed E-state index contributed by atoms with van der Waals surface area (Å²) in [6, 6.07) is 7.61. The molecule has 0 spiro atoms. The second kappa shape index (κ2) is 15.8. The molecule has 2 unspecified atom stereocenters. The van der Waals surface area contributed by atoms with Crippen LogP contribution in [0.5, 0.6) is 5.75 Å². The minimum Gasteiger partial charge on any atom is -0.494 e. The zero-order chi connectivity index (χ0) is 33.8. The highest BCUT2D eigenvalue weighted by Gasteiger charge is 2.59. The topological polar surface area (TPSA) is 35.5 Å². The maximum atomic E-state index is 13.2. The summed E-state index contributed by atoms with van der Waals surface area (Å²) in [5.74, 6) is 7.21. The molecule has 3 nitrogen and oxygen atoms in total. The third-order valence-electron chi connectivity index (χ3n) is 14.0. The lowest BCUT2D eigenvalue weighted by molar-refractivity contribution is -0.0594. The molecular formula is C44H70O3. The number of carbonyl (C=O) groups excluding carboxylic acids is 1. The largest absolute Gasteiger partial charge is 0.494 e. The van der Waals surface area contributed by atoms with Crippen molar-refractivity contribution in [2.75, 3.05) is 6.61 Å². The molecule has 0 radical (unpaired) electrons. The Morgan fingerprint density at radius 1 is 0.809 bits per heavy atom. The molecule has 47 heavy (non-hydrogen) atoms. The number of hydrogen-bond acceptors (Lipinski definition) is 3. The quantitative estimate of drug-likeness (QED) is 0.140. The monoisotopic (exact) mass is 647 g/mol. The third-order valence-corrected chi connectivity index (χ3v) is 14.0.